The predicted molar refractivity (Wildman–Crippen MR) is 167 cm³/mol. The van der Waals surface area contributed by atoms with Crippen LogP contribution < -0.4 is 5.32 Å². The quantitative estimate of drug-likeness (QED) is 0.0741. The topological polar surface area (TPSA) is 115 Å². The van der Waals surface area contributed by atoms with Crippen LogP contribution >= 0.6 is 11.8 Å². The maximum atomic E-state index is 12.7. The van der Waals surface area contributed by atoms with Crippen LogP contribution in [0.4, 0.5) is 11.4 Å². The summed E-state index contributed by atoms with van der Waals surface area (Å²) in [4.78, 5) is 34.7. The summed E-state index contributed by atoms with van der Waals surface area (Å²) in [5.41, 5.74) is 3.69. The standard InChI is InChI=1S/C34H27N3O5S/c38-33(35-24-26-20-30(36(39)40)23-31(21-26)37(41)42)22-25-16-18-32(19-17-25)43-34(27-10-4-1-5-11-27,28-12-6-2-7-13-28)29-14-8-3-9-15-29/h1-21,23H,22,24H2,(H,35,38). The highest BCUT2D eigenvalue weighted by Crippen LogP contribution is 2.51. The molecule has 5 aromatic carbocycles. The molecule has 5 aromatic rings. The molecule has 43 heavy (non-hydrogen) atoms. The van der Waals surface area contributed by atoms with Crippen molar-refractivity contribution in [2.45, 2.75) is 22.6 Å². The van der Waals surface area contributed by atoms with Gasteiger partial charge in [0.1, 0.15) is 0 Å². The molecular weight excluding hydrogens is 562 g/mol. The van der Waals surface area contributed by atoms with Gasteiger partial charge in [-0.05, 0) is 39.9 Å². The van der Waals surface area contributed by atoms with Crippen molar-refractivity contribution in [1.29, 1.82) is 0 Å². The number of nitro groups is 2. The van der Waals surface area contributed by atoms with E-state index in [1.54, 1.807) is 11.8 Å². The molecule has 0 spiro atoms. The van der Waals surface area contributed by atoms with Gasteiger partial charge in [-0.25, -0.2) is 0 Å². The molecule has 0 fully saturated rings. The summed E-state index contributed by atoms with van der Waals surface area (Å²) >= 11 is 1.73. The third kappa shape index (κ3) is 6.79. The van der Waals surface area contributed by atoms with E-state index in [1.165, 1.54) is 12.1 Å². The summed E-state index contributed by atoms with van der Waals surface area (Å²) < 4.78 is -0.524. The number of nitro benzene ring substituents is 2. The Morgan fingerprint density at radius 1 is 0.628 bits per heavy atom. The minimum atomic E-state index is -0.694. The fourth-order valence-electron chi connectivity index (χ4n) is 4.97. The van der Waals surface area contributed by atoms with Crippen LogP contribution in [0, 0.1) is 20.2 Å². The van der Waals surface area contributed by atoms with Crippen molar-refractivity contribution < 1.29 is 14.6 Å². The van der Waals surface area contributed by atoms with E-state index in [1.807, 2.05) is 78.9 Å². The van der Waals surface area contributed by atoms with Crippen LogP contribution in [0.1, 0.15) is 27.8 Å². The lowest BCUT2D eigenvalue weighted by molar-refractivity contribution is -0.394. The van der Waals surface area contributed by atoms with Crippen molar-refractivity contribution in [3.63, 3.8) is 0 Å². The van der Waals surface area contributed by atoms with Gasteiger partial charge >= 0.3 is 0 Å². The lowest BCUT2D eigenvalue weighted by atomic mass is 9.84. The minimum Gasteiger partial charge on any atom is -0.352 e. The van der Waals surface area contributed by atoms with E-state index in [0.717, 1.165) is 33.2 Å². The average molecular weight is 590 g/mol. The fourth-order valence-corrected chi connectivity index (χ4v) is 6.35. The highest BCUT2D eigenvalue weighted by atomic mass is 32.2. The van der Waals surface area contributed by atoms with E-state index in [9.17, 15) is 25.0 Å². The zero-order valence-electron chi connectivity index (χ0n) is 23.0. The monoisotopic (exact) mass is 589 g/mol. The van der Waals surface area contributed by atoms with Crippen LogP contribution in [0.15, 0.2) is 138 Å². The molecule has 5 rings (SSSR count). The van der Waals surface area contributed by atoms with Gasteiger partial charge in [0.15, 0.2) is 0 Å². The molecule has 0 saturated heterocycles. The number of nitrogens with zero attached hydrogens (tertiary/aromatic N) is 2. The summed E-state index contributed by atoms with van der Waals surface area (Å²) in [5, 5.41) is 25.0. The van der Waals surface area contributed by atoms with Gasteiger partial charge in [0, 0.05) is 23.6 Å². The Kier molecular flexibility index (Phi) is 8.93. The number of benzene rings is 5. The molecule has 214 valence electrons. The van der Waals surface area contributed by atoms with Crippen molar-refractivity contribution in [1.82, 2.24) is 5.32 Å². The highest BCUT2D eigenvalue weighted by molar-refractivity contribution is 8.00. The van der Waals surface area contributed by atoms with E-state index in [4.69, 9.17) is 0 Å². The Bertz CT molecular complexity index is 1600. The van der Waals surface area contributed by atoms with Crippen molar-refractivity contribution in [3.8, 4) is 0 Å². The third-order valence-electron chi connectivity index (χ3n) is 6.97. The molecular formula is C34H27N3O5S. The number of hydrogen-bond acceptors (Lipinski definition) is 6. The summed E-state index contributed by atoms with van der Waals surface area (Å²) in [6.07, 6.45) is 0.0865. The normalized spacial score (nSPS) is 11.1. The van der Waals surface area contributed by atoms with Gasteiger partial charge in [-0.15, -0.1) is 11.8 Å². The van der Waals surface area contributed by atoms with E-state index >= 15 is 0 Å². The number of nitrogens with one attached hydrogen (secondary N) is 1. The van der Waals surface area contributed by atoms with Crippen molar-refractivity contribution >= 4 is 29.0 Å². The molecule has 0 aliphatic heterocycles. The van der Waals surface area contributed by atoms with E-state index < -0.39 is 26.0 Å². The second kappa shape index (κ2) is 13.1. The number of amides is 1. The first-order valence-corrected chi connectivity index (χ1v) is 14.3. The molecule has 9 heteroatoms. The Hall–Kier alpha value is -5.28. The SMILES string of the molecule is O=C(Cc1ccc(SC(c2ccccc2)(c2ccccc2)c2ccccc2)cc1)NCc1cc([N+](=O)[O-])cc([N+](=O)[O-])c1. The van der Waals surface area contributed by atoms with Crippen molar-refractivity contribution in [2.75, 3.05) is 0 Å². The van der Waals surface area contributed by atoms with E-state index in [0.29, 0.717) is 0 Å². The molecule has 0 aliphatic carbocycles. The Morgan fingerprint density at radius 3 is 1.49 bits per heavy atom. The average Bonchev–Trinajstić information content (AvgIpc) is 3.04. The van der Waals surface area contributed by atoms with Gasteiger partial charge in [-0.1, -0.05) is 103 Å². The summed E-state index contributed by atoms with van der Waals surface area (Å²) in [5.74, 6) is -0.304. The number of rotatable bonds is 11. The van der Waals surface area contributed by atoms with Crippen LogP contribution in [-0.4, -0.2) is 15.8 Å². The van der Waals surface area contributed by atoms with Crippen LogP contribution in [0.3, 0.4) is 0 Å². The van der Waals surface area contributed by atoms with Crippen molar-refractivity contribution in [3.05, 3.63) is 182 Å². The number of carbonyl (C=O) groups is 1. The van der Waals surface area contributed by atoms with Crippen LogP contribution in [-0.2, 0) is 22.5 Å². The molecule has 0 saturated carbocycles. The van der Waals surface area contributed by atoms with Gasteiger partial charge in [0.05, 0.1) is 27.1 Å². The zero-order chi connectivity index (χ0) is 30.2. The number of non-ortho nitro benzene ring substituents is 2. The summed E-state index contributed by atoms with van der Waals surface area (Å²) in [7, 11) is 0. The molecule has 0 aromatic heterocycles. The summed E-state index contributed by atoms with van der Waals surface area (Å²) in [6, 6.07) is 42.3. The molecule has 0 radical (unpaired) electrons. The molecule has 0 unspecified atom stereocenters. The Balaban J connectivity index is 1.36. The van der Waals surface area contributed by atoms with Gasteiger partial charge in [-0.2, -0.15) is 0 Å². The molecule has 1 amide bonds. The number of hydrogen-bond donors (Lipinski definition) is 1. The van der Waals surface area contributed by atoms with Crippen LogP contribution in [0.25, 0.3) is 0 Å². The lowest BCUT2D eigenvalue weighted by Gasteiger charge is -2.35. The fraction of sp³-hybridized carbons (Fsp3) is 0.0882. The number of carbonyl (C=O) groups excluding carboxylic acids is 1. The Labute approximate surface area is 252 Å². The number of thioether (sulfide) groups is 1. The first-order chi connectivity index (χ1) is 20.8. The minimum absolute atomic E-state index is 0.0664. The molecule has 0 atom stereocenters. The van der Waals surface area contributed by atoms with Crippen LogP contribution in [0.5, 0.6) is 0 Å². The maximum absolute atomic E-state index is 12.7. The lowest BCUT2D eigenvalue weighted by Crippen LogP contribution is -2.25. The largest absolute Gasteiger partial charge is 0.352 e. The van der Waals surface area contributed by atoms with E-state index in [-0.39, 0.29) is 24.4 Å². The highest BCUT2D eigenvalue weighted by Gasteiger charge is 2.37. The first kappa shape index (κ1) is 29.2. The second-order valence-corrected chi connectivity index (χ2v) is 11.1. The molecule has 0 aliphatic rings. The first-order valence-electron chi connectivity index (χ1n) is 13.5. The molecule has 0 heterocycles. The van der Waals surface area contributed by atoms with Gasteiger partial charge in [0.2, 0.25) is 5.91 Å². The predicted octanol–water partition coefficient (Wildman–Crippen LogP) is 7.45. The van der Waals surface area contributed by atoms with Gasteiger partial charge in [-0.3, -0.25) is 25.0 Å². The molecule has 1 N–H and O–H groups in total. The summed E-state index contributed by atoms with van der Waals surface area (Å²) in [6.45, 7) is -0.0664. The van der Waals surface area contributed by atoms with Crippen LogP contribution in [0.2, 0.25) is 0 Å². The van der Waals surface area contributed by atoms with Crippen molar-refractivity contribution in [2.24, 2.45) is 0 Å². The Morgan fingerprint density at radius 2 is 1.07 bits per heavy atom. The molecule has 0 bridgehead atoms. The zero-order valence-corrected chi connectivity index (χ0v) is 23.8. The van der Waals surface area contributed by atoms with Gasteiger partial charge in [0.25, 0.3) is 11.4 Å². The van der Waals surface area contributed by atoms with E-state index in [2.05, 4.69) is 41.7 Å². The maximum Gasteiger partial charge on any atom is 0.276 e. The van der Waals surface area contributed by atoms with Gasteiger partial charge < -0.3 is 5.32 Å². The third-order valence-corrected chi connectivity index (χ3v) is 8.49. The molecule has 8 nitrogen and oxygen atoms in total. The smallest absolute Gasteiger partial charge is 0.276 e. The second-order valence-electron chi connectivity index (χ2n) is 9.85.